The number of halogens is 4. The van der Waals surface area contributed by atoms with E-state index in [1.165, 1.54) is 31.4 Å². The third kappa shape index (κ3) is 4.69. The first kappa shape index (κ1) is 19.2. The Labute approximate surface area is 166 Å². The van der Waals surface area contributed by atoms with E-state index in [2.05, 4.69) is 10.6 Å². The van der Waals surface area contributed by atoms with Crippen LogP contribution >= 0.6 is 58.0 Å². The number of nitrogens with one attached hydrogen (secondary N) is 2. The number of hydrogen-bond acceptors (Lipinski definition) is 3. The number of benzene rings is 2. The number of hydrogen-bond donors (Lipinski definition) is 2. The van der Waals surface area contributed by atoms with Crippen LogP contribution < -0.4 is 15.4 Å². The van der Waals surface area contributed by atoms with Gasteiger partial charge in [-0.2, -0.15) is 0 Å². The molecule has 126 valence electrons. The number of ether oxygens (including phenoxy) is 1. The summed E-state index contributed by atoms with van der Waals surface area (Å²) in [6, 6.07) is 7.42. The Morgan fingerprint density at radius 3 is 2.62 bits per heavy atom. The van der Waals surface area contributed by atoms with Gasteiger partial charge in [-0.3, -0.25) is 10.1 Å². The molecule has 0 fully saturated rings. The molecule has 0 saturated heterocycles. The van der Waals surface area contributed by atoms with Crippen LogP contribution in [0.4, 0.5) is 10.1 Å². The van der Waals surface area contributed by atoms with Crippen LogP contribution in [-0.4, -0.2) is 18.1 Å². The van der Waals surface area contributed by atoms with Crippen molar-refractivity contribution in [1.82, 2.24) is 5.32 Å². The Balaban J connectivity index is 2.16. The molecular formula is C15H10Cl2FIN2O2S. The van der Waals surface area contributed by atoms with E-state index in [1.54, 1.807) is 6.07 Å². The number of anilines is 1. The average Bonchev–Trinajstić information content (AvgIpc) is 2.49. The summed E-state index contributed by atoms with van der Waals surface area (Å²) in [6.07, 6.45) is 0. The summed E-state index contributed by atoms with van der Waals surface area (Å²) in [5.74, 6) is -0.900. The zero-order chi connectivity index (χ0) is 17.9. The molecule has 2 rings (SSSR count). The van der Waals surface area contributed by atoms with E-state index >= 15 is 0 Å². The number of carbonyl (C=O) groups excluding carboxylic acids is 1. The third-order valence-corrected chi connectivity index (χ3v) is 4.24. The van der Waals surface area contributed by atoms with Crippen LogP contribution in [0.2, 0.25) is 10.0 Å². The van der Waals surface area contributed by atoms with Crippen molar-refractivity contribution in [3.63, 3.8) is 0 Å². The second-order valence-corrected chi connectivity index (χ2v) is 7.00. The number of carbonyl (C=O) groups is 1. The molecule has 4 nitrogen and oxygen atoms in total. The van der Waals surface area contributed by atoms with Crippen LogP contribution in [0.3, 0.4) is 0 Å². The Bertz CT molecular complexity index is 820. The highest BCUT2D eigenvalue weighted by Gasteiger charge is 2.18. The van der Waals surface area contributed by atoms with Crippen LogP contribution in [0.5, 0.6) is 5.75 Å². The number of thiocarbonyl (C=S) groups is 1. The molecule has 0 radical (unpaired) electrons. The molecule has 0 aliphatic rings. The molecule has 2 aromatic carbocycles. The molecule has 0 unspecified atom stereocenters. The molecule has 0 spiro atoms. The van der Waals surface area contributed by atoms with Crippen molar-refractivity contribution in [3.05, 3.63) is 55.3 Å². The maximum absolute atomic E-state index is 13.8. The molecule has 0 bridgehead atoms. The summed E-state index contributed by atoms with van der Waals surface area (Å²) in [4.78, 5) is 12.3. The molecule has 0 atom stereocenters. The van der Waals surface area contributed by atoms with Gasteiger partial charge in [-0.1, -0.05) is 23.2 Å². The van der Waals surface area contributed by atoms with Crippen molar-refractivity contribution >= 4 is 74.7 Å². The third-order valence-electron chi connectivity index (χ3n) is 2.86. The highest BCUT2D eigenvalue weighted by molar-refractivity contribution is 14.1. The lowest BCUT2D eigenvalue weighted by atomic mass is 10.2. The second-order valence-electron chi connectivity index (χ2n) is 4.50. The summed E-state index contributed by atoms with van der Waals surface area (Å²) < 4.78 is 19.6. The van der Waals surface area contributed by atoms with Gasteiger partial charge < -0.3 is 10.1 Å². The smallest absolute Gasteiger partial charge is 0.261 e. The topological polar surface area (TPSA) is 50.4 Å². The lowest BCUT2D eigenvalue weighted by Gasteiger charge is -2.13. The van der Waals surface area contributed by atoms with Crippen LogP contribution in [-0.2, 0) is 0 Å². The van der Waals surface area contributed by atoms with Crippen molar-refractivity contribution in [2.24, 2.45) is 0 Å². The maximum Gasteiger partial charge on any atom is 0.261 e. The monoisotopic (exact) mass is 498 g/mol. The van der Waals surface area contributed by atoms with Crippen LogP contribution in [0, 0.1) is 9.39 Å². The van der Waals surface area contributed by atoms with E-state index in [0.29, 0.717) is 0 Å². The first-order valence-electron chi connectivity index (χ1n) is 6.42. The first-order valence-corrected chi connectivity index (χ1v) is 8.66. The van der Waals surface area contributed by atoms with Crippen molar-refractivity contribution in [2.45, 2.75) is 0 Å². The predicted octanol–water partition coefficient (Wildman–Crippen LogP) is 4.87. The van der Waals surface area contributed by atoms with Gasteiger partial charge in [-0.15, -0.1) is 0 Å². The molecule has 0 aliphatic carbocycles. The summed E-state index contributed by atoms with van der Waals surface area (Å²) in [7, 11) is 1.38. The van der Waals surface area contributed by atoms with E-state index < -0.39 is 11.7 Å². The normalized spacial score (nSPS) is 10.2. The Morgan fingerprint density at radius 2 is 2.00 bits per heavy atom. The van der Waals surface area contributed by atoms with Gasteiger partial charge in [0.25, 0.3) is 5.91 Å². The van der Waals surface area contributed by atoms with Gasteiger partial charge in [0.1, 0.15) is 11.6 Å². The number of rotatable bonds is 3. The second kappa shape index (κ2) is 8.28. The lowest BCUT2D eigenvalue weighted by molar-refractivity contribution is 0.0974. The zero-order valence-corrected chi connectivity index (χ0v) is 16.6. The number of amides is 1. The molecule has 0 aliphatic heterocycles. The Kier molecular flexibility index (Phi) is 6.62. The van der Waals surface area contributed by atoms with Gasteiger partial charge in [0, 0.05) is 8.59 Å². The molecule has 24 heavy (non-hydrogen) atoms. The molecule has 2 aromatic rings. The minimum Gasteiger partial charge on any atom is -0.494 e. The van der Waals surface area contributed by atoms with Gasteiger partial charge >= 0.3 is 0 Å². The summed E-state index contributed by atoms with van der Waals surface area (Å²) in [5.41, 5.74) is 0.263. The van der Waals surface area contributed by atoms with Gasteiger partial charge in [0.2, 0.25) is 0 Å². The van der Waals surface area contributed by atoms with Gasteiger partial charge in [-0.25, -0.2) is 4.39 Å². The number of methoxy groups -OCH3 is 1. The molecule has 2 N–H and O–H groups in total. The summed E-state index contributed by atoms with van der Waals surface area (Å²) in [6.45, 7) is 0. The van der Waals surface area contributed by atoms with E-state index in [9.17, 15) is 9.18 Å². The molecular weight excluding hydrogens is 489 g/mol. The van der Waals surface area contributed by atoms with Gasteiger partial charge in [-0.05, 0) is 65.1 Å². The van der Waals surface area contributed by atoms with E-state index in [-0.39, 0.29) is 32.2 Å². The minimum absolute atomic E-state index is 0.0711. The van der Waals surface area contributed by atoms with Crippen LogP contribution in [0.15, 0.2) is 30.3 Å². The Hall–Kier alpha value is -1.16. The largest absolute Gasteiger partial charge is 0.494 e. The van der Waals surface area contributed by atoms with Crippen molar-refractivity contribution in [2.75, 3.05) is 12.4 Å². The molecule has 0 heterocycles. The molecule has 0 aromatic heterocycles. The van der Waals surface area contributed by atoms with Crippen LogP contribution in [0.1, 0.15) is 10.4 Å². The SMILES string of the molecule is COc1c(Cl)cc(Cl)cc1C(=O)NC(=S)Nc1ccc(I)cc1F. The van der Waals surface area contributed by atoms with E-state index in [1.807, 2.05) is 22.6 Å². The van der Waals surface area contributed by atoms with Crippen molar-refractivity contribution in [1.29, 1.82) is 0 Å². The first-order chi connectivity index (χ1) is 11.3. The highest BCUT2D eigenvalue weighted by atomic mass is 127. The molecule has 1 amide bonds. The van der Waals surface area contributed by atoms with Gasteiger partial charge in [0.05, 0.1) is 23.4 Å². The maximum atomic E-state index is 13.8. The highest BCUT2D eigenvalue weighted by Crippen LogP contribution is 2.32. The van der Waals surface area contributed by atoms with Crippen molar-refractivity contribution < 1.29 is 13.9 Å². The minimum atomic E-state index is -0.584. The fourth-order valence-corrected chi connectivity index (χ4v) is 3.08. The van der Waals surface area contributed by atoms with Crippen LogP contribution in [0.25, 0.3) is 0 Å². The lowest BCUT2D eigenvalue weighted by Crippen LogP contribution is -2.34. The fourth-order valence-electron chi connectivity index (χ4n) is 1.85. The summed E-state index contributed by atoms with van der Waals surface area (Å²) in [5, 5.41) is 5.44. The standard InChI is InChI=1S/C15H10Cl2FIN2O2S/c1-23-13-9(4-7(16)5-10(13)17)14(22)21-15(24)20-12-3-2-8(19)6-11(12)18/h2-6H,1H3,(H2,20,21,22,24). The van der Waals surface area contributed by atoms with Gasteiger partial charge in [0.15, 0.2) is 5.11 Å². The van der Waals surface area contributed by atoms with E-state index in [0.717, 1.165) is 3.57 Å². The molecule has 0 saturated carbocycles. The molecule has 9 heteroatoms. The average molecular weight is 499 g/mol. The Morgan fingerprint density at radius 1 is 1.29 bits per heavy atom. The fraction of sp³-hybridized carbons (Fsp3) is 0.0667. The predicted molar refractivity (Wildman–Crippen MR) is 106 cm³/mol. The quantitative estimate of drug-likeness (QED) is 0.468. The summed E-state index contributed by atoms with van der Waals surface area (Å²) >= 11 is 18.9. The van der Waals surface area contributed by atoms with Crippen molar-refractivity contribution in [3.8, 4) is 5.75 Å². The van der Waals surface area contributed by atoms with E-state index in [4.69, 9.17) is 40.2 Å². The zero-order valence-electron chi connectivity index (χ0n) is 12.1.